The Morgan fingerprint density at radius 2 is 1.69 bits per heavy atom. The molecular formula is C24H22ClN5O5S. The lowest BCUT2D eigenvalue weighted by Gasteiger charge is -2.18. The second-order valence-electron chi connectivity index (χ2n) is 8.05. The number of benzene rings is 1. The topological polar surface area (TPSA) is 136 Å². The van der Waals surface area contributed by atoms with Crippen molar-refractivity contribution in [1.29, 1.82) is 0 Å². The molecule has 36 heavy (non-hydrogen) atoms. The van der Waals surface area contributed by atoms with Crippen molar-refractivity contribution in [2.24, 2.45) is 0 Å². The van der Waals surface area contributed by atoms with Gasteiger partial charge < -0.3 is 14.6 Å². The van der Waals surface area contributed by atoms with Crippen LogP contribution in [0.3, 0.4) is 0 Å². The van der Waals surface area contributed by atoms with Crippen molar-refractivity contribution in [2.45, 2.75) is 24.5 Å². The number of nitrogens with zero attached hydrogens (tertiary/aromatic N) is 4. The van der Waals surface area contributed by atoms with Gasteiger partial charge in [-0.15, -0.1) is 0 Å². The van der Waals surface area contributed by atoms with Crippen LogP contribution in [0.1, 0.15) is 19.4 Å². The highest BCUT2D eigenvalue weighted by Crippen LogP contribution is 2.40. The van der Waals surface area contributed by atoms with Crippen molar-refractivity contribution in [1.82, 2.24) is 19.9 Å². The van der Waals surface area contributed by atoms with Crippen molar-refractivity contribution in [3.8, 4) is 28.6 Å². The van der Waals surface area contributed by atoms with E-state index in [0.29, 0.717) is 16.9 Å². The van der Waals surface area contributed by atoms with Crippen LogP contribution < -0.4 is 14.2 Å². The predicted molar refractivity (Wildman–Crippen MR) is 134 cm³/mol. The summed E-state index contributed by atoms with van der Waals surface area (Å²) in [5.74, 6) is 0.481. The molecule has 0 aliphatic rings. The van der Waals surface area contributed by atoms with Gasteiger partial charge in [-0.05, 0) is 44.2 Å². The van der Waals surface area contributed by atoms with Gasteiger partial charge >= 0.3 is 0 Å². The lowest BCUT2D eigenvalue weighted by molar-refractivity contribution is 0.0781. The summed E-state index contributed by atoms with van der Waals surface area (Å²) in [5.41, 5.74) is -0.173. The van der Waals surface area contributed by atoms with E-state index in [1.165, 1.54) is 25.4 Å². The number of aromatic nitrogens is 4. The third kappa shape index (κ3) is 5.54. The van der Waals surface area contributed by atoms with Crippen molar-refractivity contribution in [2.75, 3.05) is 11.8 Å². The van der Waals surface area contributed by atoms with Gasteiger partial charge in [0.2, 0.25) is 5.75 Å². The molecule has 1 aromatic carbocycles. The van der Waals surface area contributed by atoms with Gasteiger partial charge in [0.05, 0.1) is 12.7 Å². The molecular weight excluding hydrogens is 506 g/mol. The maximum absolute atomic E-state index is 13.2. The number of sulfonamides is 1. The second-order valence-corrected chi connectivity index (χ2v) is 10.0. The third-order valence-electron chi connectivity index (χ3n) is 4.99. The van der Waals surface area contributed by atoms with Crippen molar-refractivity contribution in [3.05, 3.63) is 77.8 Å². The van der Waals surface area contributed by atoms with Crippen LogP contribution in [0.4, 0.5) is 5.82 Å². The minimum atomic E-state index is -4.24. The van der Waals surface area contributed by atoms with Gasteiger partial charge in [-0.25, -0.2) is 15.0 Å². The zero-order chi connectivity index (χ0) is 25.9. The molecule has 0 radical (unpaired) electrons. The fourth-order valence-electron chi connectivity index (χ4n) is 3.11. The van der Waals surface area contributed by atoms with Crippen molar-refractivity contribution < 1.29 is 23.0 Å². The van der Waals surface area contributed by atoms with E-state index in [1.807, 2.05) is 0 Å². The van der Waals surface area contributed by atoms with Crippen LogP contribution in [-0.2, 0) is 15.6 Å². The molecule has 0 atom stereocenters. The largest absolute Gasteiger partial charge is 0.493 e. The van der Waals surface area contributed by atoms with E-state index in [2.05, 4.69) is 24.7 Å². The summed E-state index contributed by atoms with van der Waals surface area (Å²) in [7, 11) is -2.77. The Bertz CT molecular complexity index is 1480. The Morgan fingerprint density at radius 3 is 2.31 bits per heavy atom. The number of aliphatic hydroxyl groups is 1. The van der Waals surface area contributed by atoms with E-state index < -0.39 is 15.6 Å². The number of nitrogens with one attached hydrogen (secondary N) is 1. The van der Waals surface area contributed by atoms with Gasteiger partial charge in [0, 0.05) is 29.7 Å². The van der Waals surface area contributed by atoms with Gasteiger partial charge in [0.25, 0.3) is 10.0 Å². The van der Waals surface area contributed by atoms with Crippen LogP contribution in [0.15, 0.2) is 72.1 Å². The summed E-state index contributed by atoms with van der Waals surface area (Å²) in [6, 6.07) is 12.8. The first kappa shape index (κ1) is 25.3. The number of anilines is 1. The van der Waals surface area contributed by atoms with Crippen molar-refractivity contribution >= 4 is 27.4 Å². The maximum atomic E-state index is 13.2. The van der Waals surface area contributed by atoms with E-state index in [0.717, 1.165) is 0 Å². The molecule has 0 saturated carbocycles. The molecule has 3 heterocycles. The molecule has 0 aliphatic heterocycles. The number of hydrogen-bond acceptors (Lipinski definition) is 9. The zero-order valence-electron chi connectivity index (χ0n) is 19.5. The first-order chi connectivity index (χ1) is 17.1. The minimum absolute atomic E-state index is 0.129. The standard InChI is InChI=1S/C24H22ClN5O5S/c1-24(2,31)16-8-9-19(27-14-16)36(32,33)30-23-20(35-18-7-5-4-6-17(18)34-3)21(25)28-22(29-23)15-10-12-26-13-11-15/h4-14,31H,1-3H3,(H,28,29,30). The first-order valence-corrected chi connectivity index (χ1v) is 12.4. The van der Waals surface area contributed by atoms with E-state index in [1.54, 1.807) is 62.6 Å². The van der Waals surface area contributed by atoms with Crippen LogP contribution in [0, 0.1) is 0 Å². The molecule has 0 spiro atoms. The molecule has 0 saturated heterocycles. The summed E-state index contributed by atoms with van der Waals surface area (Å²) in [4.78, 5) is 16.6. The van der Waals surface area contributed by atoms with Gasteiger partial charge in [-0.3, -0.25) is 9.71 Å². The monoisotopic (exact) mass is 527 g/mol. The number of ether oxygens (including phenoxy) is 2. The molecule has 3 aromatic heterocycles. The molecule has 4 aromatic rings. The number of hydrogen-bond donors (Lipinski definition) is 2. The Balaban J connectivity index is 1.79. The minimum Gasteiger partial charge on any atom is -0.493 e. The molecule has 4 rings (SSSR count). The Kier molecular flexibility index (Phi) is 7.07. The normalized spacial score (nSPS) is 11.7. The van der Waals surface area contributed by atoms with Crippen LogP contribution in [0.5, 0.6) is 17.2 Å². The molecule has 10 nitrogen and oxygen atoms in total. The van der Waals surface area contributed by atoms with Crippen LogP contribution in [0.2, 0.25) is 5.15 Å². The molecule has 0 amide bonds. The maximum Gasteiger partial charge on any atom is 0.280 e. The van der Waals surface area contributed by atoms with E-state index in [9.17, 15) is 13.5 Å². The Labute approximate surface area is 213 Å². The molecule has 0 fully saturated rings. The van der Waals surface area contributed by atoms with E-state index >= 15 is 0 Å². The SMILES string of the molecule is COc1ccccc1Oc1c(Cl)nc(-c2ccncc2)nc1NS(=O)(=O)c1ccc(C(C)(C)O)cn1. The van der Waals surface area contributed by atoms with Crippen molar-refractivity contribution in [3.63, 3.8) is 0 Å². The Morgan fingerprint density at radius 1 is 1.00 bits per heavy atom. The highest BCUT2D eigenvalue weighted by atomic mass is 35.5. The van der Waals surface area contributed by atoms with Gasteiger partial charge in [-0.1, -0.05) is 29.8 Å². The average molecular weight is 528 g/mol. The predicted octanol–water partition coefficient (Wildman–Crippen LogP) is 4.42. The van der Waals surface area contributed by atoms with Crippen LogP contribution >= 0.6 is 11.6 Å². The highest BCUT2D eigenvalue weighted by Gasteiger charge is 2.25. The fraction of sp³-hybridized carbons (Fsp3) is 0.167. The van der Waals surface area contributed by atoms with Gasteiger partial charge in [-0.2, -0.15) is 8.42 Å². The smallest absolute Gasteiger partial charge is 0.280 e. The number of methoxy groups -OCH3 is 1. The number of pyridine rings is 2. The molecule has 2 N–H and O–H groups in total. The van der Waals surface area contributed by atoms with Crippen LogP contribution in [-0.4, -0.2) is 40.6 Å². The average Bonchev–Trinajstić information content (AvgIpc) is 2.86. The lowest BCUT2D eigenvalue weighted by Crippen LogP contribution is -2.19. The Hall–Kier alpha value is -3.80. The third-order valence-corrected chi connectivity index (χ3v) is 6.50. The van der Waals surface area contributed by atoms with E-state index in [-0.39, 0.29) is 33.3 Å². The number of rotatable bonds is 8. The summed E-state index contributed by atoms with van der Waals surface area (Å²) < 4.78 is 40.1. The fourth-order valence-corrected chi connectivity index (χ4v) is 4.25. The van der Waals surface area contributed by atoms with E-state index in [4.69, 9.17) is 21.1 Å². The molecule has 0 bridgehead atoms. The number of para-hydroxylation sites is 2. The van der Waals surface area contributed by atoms with Gasteiger partial charge in [0.1, 0.15) is 0 Å². The second kappa shape index (κ2) is 10.1. The van der Waals surface area contributed by atoms with Gasteiger partial charge in [0.15, 0.2) is 33.3 Å². The first-order valence-electron chi connectivity index (χ1n) is 10.6. The number of halogens is 1. The zero-order valence-corrected chi connectivity index (χ0v) is 21.1. The summed E-state index contributed by atoms with van der Waals surface area (Å²) in [6.45, 7) is 3.14. The summed E-state index contributed by atoms with van der Waals surface area (Å²) in [6.07, 6.45) is 4.38. The molecule has 186 valence electrons. The summed E-state index contributed by atoms with van der Waals surface area (Å²) in [5, 5.41) is 9.71. The molecule has 12 heteroatoms. The van der Waals surface area contributed by atoms with Crippen LogP contribution in [0.25, 0.3) is 11.4 Å². The molecule has 0 aliphatic carbocycles. The summed E-state index contributed by atoms with van der Waals surface area (Å²) >= 11 is 6.46. The quantitative estimate of drug-likeness (QED) is 0.319. The highest BCUT2D eigenvalue weighted by molar-refractivity contribution is 7.92. The molecule has 0 unspecified atom stereocenters. The lowest BCUT2D eigenvalue weighted by atomic mass is 10.0.